The number of nitro benzene ring substituents is 1. The van der Waals surface area contributed by atoms with Crippen LogP contribution in [0.1, 0.15) is 0 Å². The summed E-state index contributed by atoms with van der Waals surface area (Å²) < 4.78 is 0. The Morgan fingerprint density at radius 3 is 2.53 bits per heavy atom. The molecule has 0 aliphatic carbocycles. The number of hydrogen-bond acceptors (Lipinski definition) is 3. The van der Waals surface area contributed by atoms with Crippen molar-refractivity contribution in [1.29, 1.82) is 0 Å². The van der Waals surface area contributed by atoms with Crippen molar-refractivity contribution in [3.8, 4) is 0 Å². The number of nitro groups is 1. The maximum absolute atomic E-state index is 10.7. The van der Waals surface area contributed by atoms with Crippen LogP contribution in [0.2, 0.25) is 0 Å². The third kappa shape index (κ3) is 1.87. The number of allylic oxidation sites excluding steroid dienone is 2. The molecule has 0 radical (unpaired) electrons. The van der Waals surface area contributed by atoms with Gasteiger partial charge in [0.05, 0.1) is 4.92 Å². The second-order valence-corrected chi connectivity index (χ2v) is 5.02. The molecule has 1 heterocycles. The first-order chi connectivity index (χ1) is 7.18. The van der Waals surface area contributed by atoms with Crippen molar-refractivity contribution in [2.45, 2.75) is 4.90 Å². The summed E-state index contributed by atoms with van der Waals surface area (Å²) in [6, 6.07) is 4.99. The number of nitrogen functional groups attached to an aromatic ring is 1. The maximum atomic E-state index is 10.7. The summed E-state index contributed by atoms with van der Waals surface area (Å²) in [6.07, 6.45) is 3.90. The molecule has 0 amide bonds. The summed E-state index contributed by atoms with van der Waals surface area (Å²) in [5, 5.41) is 14.8. The second kappa shape index (κ2) is 3.78. The molecular formula is C10H10N2O2S. The number of rotatable bonds is 2. The molecule has 4 nitrogen and oxygen atoms in total. The Hall–Kier alpha value is -1.75. The number of thiol groups is 1. The molecule has 1 aromatic carbocycles. The van der Waals surface area contributed by atoms with Crippen molar-refractivity contribution in [3.05, 3.63) is 51.3 Å². The van der Waals surface area contributed by atoms with Gasteiger partial charge in [-0.3, -0.25) is 10.1 Å². The molecule has 5 heteroatoms. The van der Waals surface area contributed by atoms with E-state index in [1.165, 1.54) is 0 Å². The van der Waals surface area contributed by atoms with Gasteiger partial charge >= 0.3 is 0 Å². The van der Waals surface area contributed by atoms with E-state index in [2.05, 4.69) is 0 Å². The SMILES string of the molecule is Nc1ccc([SH]2C=CC=C2)cc1[N+](=O)[O-]. The van der Waals surface area contributed by atoms with E-state index in [0.29, 0.717) is 0 Å². The van der Waals surface area contributed by atoms with Crippen LogP contribution in [0, 0.1) is 10.1 Å². The van der Waals surface area contributed by atoms with Crippen molar-refractivity contribution in [3.63, 3.8) is 0 Å². The van der Waals surface area contributed by atoms with Crippen LogP contribution in [0.4, 0.5) is 11.4 Å². The van der Waals surface area contributed by atoms with Gasteiger partial charge in [0, 0.05) is 11.0 Å². The van der Waals surface area contributed by atoms with E-state index in [-0.39, 0.29) is 11.4 Å². The molecule has 0 atom stereocenters. The molecule has 0 bridgehead atoms. The predicted molar refractivity (Wildman–Crippen MR) is 63.0 cm³/mol. The lowest BCUT2D eigenvalue weighted by atomic mass is 10.3. The highest BCUT2D eigenvalue weighted by Crippen LogP contribution is 2.43. The molecule has 0 fully saturated rings. The van der Waals surface area contributed by atoms with Crippen LogP contribution in [0.25, 0.3) is 0 Å². The van der Waals surface area contributed by atoms with Gasteiger partial charge in [0.1, 0.15) is 5.69 Å². The average molecular weight is 222 g/mol. The van der Waals surface area contributed by atoms with Crippen LogP contribution in [0.3, 0.4) is 0 Å². The summed E-state index contributed by atoms with van der Waals surface area (Å²) in [5.41, 5.74) is 5.72. The zero-order valence-electron chi connectivity index (χ0n) is 7.83. The summed E-state index contributed by atoms with van der Waals surface area (Å²) in [4.78, 5) is 11.2. The van der Waals surface area contributed by atoms with E-state index in [1.54, 1.807) is 12.1 Å². The van der Waals surface area contributed by atoms with Crippen molar-refractivity contribution in [2.75, 3.05) is 5.73 Å². The fourth-order valence-electron chi connectivity index (χ4n) is 1.36. The monoisotopic (exact) mass is 222 g/mol. The Bertz CT molecular complexity index is 456. The Morgan fingerprint density at radius 2 is 1.93 bits per heavy atom. The molecule has 2 N–H and O–H groups in total. The zero-order chi connectivity index (χ0) is 10.8. The smallest absolute Gasteiger partial charge is 0.293 e. The van der Waals surface area contributed by atoms with Gasteiger partial charge in [-0.2, -0.15) is 10.9 Å². The minimum Gasteiger partial charge on any atom is -0.393 e. The van der Waals surface area contributed by atoms with Crippen LogP contribution in [-0.4, -0.2) is 4.92 Å². The van der Waals surface area contributed by atoms with Crippen LogP contribution in [0.5, 0.6) is 0 Å². The maximum Gasteiger partial charge on any atom is 0.293 e. The van der Waals surface area contributed by atoms with Crippen molar-refractivity contribution in [1.82, 2.24) is 0 Å². The third-order valence-corrected chi connectivity index (χ3v) is 3.97. The normalized spacial score (nSPS) is 15.9. The largest absolute Gasteiger partial charge is 0.393 e. The van der Waals surface area contributed by atoms with Gasteiger partial charge in [-0.25, -0.2) is 0 Å². The van der Waals surface area contributed by atoms with Gasteiger partial charge < -0.3 is 5.73 Å². The van der Waals surface area contributed by atoms with E-state index in [9.17, 15) is 10.1 Å². The molecule has 1 aliphatic rings. The summed E-state index contributed by atoms with van der Waals surface area (Å²) in [5.74, 6) is 0. The summed E-state index contributed by atoms with van der Waals surface area (Å²) in [7, 11) is -0.515. The molecule has 0 saturated heterocycles. The molecular weight excluding hydrogens is 212 g/mol. The van der Waals surface area contributed by atoms with Gasteiger partial charge in [0.25, 0.3) is 5.69 Å². The molecule has 78 valence electrons. The average Bonchev–Trinajstić information content (AvgIpc) is 2.71. The Kier molecular flexibility index (Phi) is 2.47. The number of nitrogens with two attached hydrogens (primary N) is 1. The number of benzene rings is 1. The van der Waals surface area contributed by atoms with E-state index in [0.717, 1.165) is 4.90 Å². The lowest BCUT2D eigenvalue weighted by Gasteiger charge is -2.10. The standard InChI is InChI=1S/C10H10N2O2S/c11-9-4-3-8(7-10(9)12(13)14)15-5-1-2-6-15/h1-7,15H,11H2. The lowest BCUT2D eigenvalue weighted by Crippen LogP contribution is -1.95. The first-order valence-corrected chi connectivity index (χ1v) is 5.84. The Labute approximate surface area is 89.6 Å². The molecule has 1 aromatic rings. The first-order valence-electron chi connectivity index (χ1n) is 4.36. The predicted octanol–water partition coefficient (Wildman–Crippen LogP) is 2.58. The quantitative estimate of drug-likeness (QED) is 0.350. The lowest BCUT2D eigenvalue weighted by molar-refractivity contribution is -0.384. The minimum atomic E-state index is -0.515. The minimum absolute atomic E-state index is 0.0105. The summed E-state index contributed by atoms with van der Waals surface area (Å²) in [6.45, 7) is 0. The van der Waals surface area contributed by atoms with Crippen molar-refractivity contribution >= 4 is 22.3 Å². The number of hydrogen-bond donors (Lipinski definition) is 2. The van der Waals surface area contributed by atoms with Crippen LogP contribution < -0.4 is 5.73 Å². The van der Waals surface area contributed by atoms with Gasteiger partial charge in [-0.1, -0.05) is 12.2 Å². The molecule has 2 rings (SSSR count). The first kappa shape index (κ1) is 9.79. The molecule has 15 heavy (non-hydrogen) atoms. The molecule has 0 spiro atoms. The Balaban J connectivity index is 2.42. The molecule has 1 aliphatic heterocycles. The van der Waals surface area contributed by atoms with E-state index >= 15 is 0 Å². The topological polar surface area (TPSA) is 69.2 Å². The van der Waals surface area contributed by atoms with E-state index in [1.807, 2.05) is 29.0 Å². The second-order valence-electron chi connectivity index (χ2n) is 3.09. The van der Waals surface area contributed by atoms with Crippen molar-refractivity contribution < 1.29 is 4.92 Å². The summed E-state index contributed by atoms with van der Waals surface area (Å²) >= 11 is 0. The van der Waals surface area contributed by atoms with Gasteiger partial charge in [-0.05, 0) is 22.9 Å². The van der Waals surface area contributed by atoms with Gasteiger partial charge in [0.2, 0.25) is 0 Å². The zero-order valence-corrected chi connectivity index (χ0v) is 8.72. The van der Waals surface area contributed by atoms with E-state index in [4.69, 9.17) is 5.73 Å². The highest BCUT2D eigenvalue weighted by molar-refractivity contribution is 8.22. The number of anilines is 1. The van der Waals surface area contributed by atoms with Crippen LogP contribution >= 0.6 is 10.9 Å². The van der Waals surface area contributed by atoms with Gasteiger partial charge in [0.15, 0.2) is 0 Å². The van der Waals surface area contributed by atoms with Crippen LogP contribution in [-0.2, 0) is 0 Å². The highest BCUT2D eigenvalue weighted by Gasteiger charge is 2.13. The Morgan fingerprint density at radius 1 is 1.27 bits per heavy atom. The third-order valence-electron chi connectivity index (χ3n) is 2.11. The number of nitrogens with zero attached hydrogens (tertiary/aromatic N) is 1. The van der Waals surface area contributed by atoms with Gasteiger partial charge in [-0.15, -0.1) is 0 Å². The fourth-order valence-corrected chi connectivity index (χ4v) is 2.89. The van der Waals surface area contributed by atoms with E-state index < -0.39 is 15.8 Å². The fraction of sp³-hybridized carbons (Fsp3) is 0. The molecule has 0 saturated carbocycles. The molecule has 0 unspecified atom stereocenters. The van der Waals surface area contributed by atoms with Crippen molar-refractivity contribution in [2.24, 2.45) is 0 Å². The molecule has 0 aromatic heterocycles. The highest BCUT2D eigenvalue weighted by atomic mass is 32.2. The van der Waals surface area contributed by atoms with Crippen LogP contribution in [0.15, 0.2) is 46.1 Å².